The van der Waals surface area contributed by atoms with E-state index in [1.807, 2.05) is 0 Å². The third kappa shape index (κ3) is 3.06. The lowest BCUT2D eigenvalue weighted by Crippen LogP contribution is -2.42. The molecule has 1 aromatic rings. The largest absolute Gasteiger partial charge is 0.478 e. The van der Waals surface area contributed by atoms with Gasteiger partial charge in [-0.25, -0.2) is 14.8 Å². The Bertz CT molecular complexity index is 543. The molecule has 1 saturated carbocycles. The van der Waals surface area contributed by atoms with E-state index in [0.717, 1.165) is 25.9 Å². The molecule has 1 saturated heterocycles. The van der Waals surface area contributed by atoms with Gasteiger partial charge in [0.05, 0.1) is 17.9 Å². The minimum absolute atomic E-state index is 0.165. The molecule has 0 bridgehead atoms. The number of morpholine rings is 1. The topological polar surface area (TPSA) is 75.5 Å². The fraction of sp³-hybridized carbons (Fsp3) is 0.667. The molecule has 114 valence electrons. The third-order valence-electron chi connectivity index (χ3n) is 4.15. The summed E-state index contributed by atoms with van der Waals surface area (Å²) in [6.45, 7) is 6.65. The third-order valence-corrected chi connectivity index (χ3v) is 4.15. The second-order valence-corrected chi connectivity index (χ2v) is 6.05. The lowest BCUT2D eigenvalue weighted by atomic mass is 10.1. The minimum Gasteiger partial charge on any atom is -0.478 e. The minimum atomic E-state index is -0.947. The highest BCUT2D eigenvalue weighted by atomic mass is 16.5. The average Bonchev–Trinajstić information content (AvgIpc) is 3.31. The molecule has 0 spiro atoms. The Morgan fingerprint density at radius 3 is 2.86 bits per heavy atom. The summed E-state index contributed by atoms with van der Waals surface area (Å²) in [7, 11) is 0. The lowest BCUT2D eigenvalue weighted by molar-refractivity contribution is -0.0444. The van der Waals surface area contributed by atoms with Gasteiger partial charge >= 0.3 is 5.97 Å². The Kier molecular flexibility index (Phi) is 3.91. The van der Waals surface area contributed by atoms with Crippen molar-refractivity contribution in [3.63, 3.8) is 0 Å². The number of carboxylic acids is 1. The molecule has 1 aliphatic carbocycles. The highest BCUT2D eigenvalue weighted by Crippen LogP contribution is 2.40. The molecule has 2 fully saturated rings. The molecular weight excluding hydrogens is 270 g/mol. The number of aromatic nitrogens is 2. The molecule has 1 unspecified atom stereocenters. The molecule has 1 N–H and O–H groups in total. The van der Waals surface area contributed by atoms with Gasteiger partial charge in [-0.2, -0.15) is 0 Å². The lowest BCUT2D eigenvalue weighted by Gasteiger charge is -2.34. The van der Waals surface area contributed by atoms with Gasteiger partial charge in [-0.15, -0.1) is 0 Å². The molecule has 3 rings (SSSR count). The second kappa shape index (κ2) is 5.69. The van der Waals surface area contributed by atoms with Crippen LogP contribution in [0.25, 0.3) is 0 Å². The smallest absolute Gasteiger partial charge is 0.339 e. The van der Waals surface area contributed by atoms with Gasteiger partial charge < -0.3 is 9.84 Å². The van der Waals surface area contributed by atoms with Crippen LogP contribution in [0.5, 0.6) is 0 Å². The molecule has 1 atom stereocenters. The Morgan fingerprint density at radius 2 is 2.24 bits per heavy atom. The van der Waals surface area contributed by atoms with Crippen molar-refractivity contribution in [3.05, 3.63) is 23.3 Å². The number of nitrogens with zero attached hydrogens (tertiary/aromatic N) is 3. The number of rotatable bonds is 4. The highest BCUT2D eigenvalue weighted by Gasteiger charge is 2.32. The van der Waals surface area contributed by atoms with E-state index >= 15 is 0 Å². The molecule has 0 radical (unpaired) electrons. The standard InChI is InChI=1S/C15H21N3O3/c1-9(2)18-5-6-21-12(8-18)14-16-7-11(15(19)20)13(17-14)10-3-4-10/h7,9-10,12H,3-6,8H2,1-2H3,(H,19,20). The van der Waals surface area contributed by atoms with Crippen LogP contribution in [0.4, 0.5) is 0 Å². The van der Waals surface area contributed by atoms with E-state index in [0.29, 0.717) is 24.2 Å². The number of hydrogen-bond donors (Lipinski definition) is 1. The average molecular weight is 291 g/mol. The molecule has 6 heteroatoms. The van der Waals surface area contributed by atoms with E-state index in [4.69, 9.17) is 4.74 Å². The highest BCUT2D eigenvalue weighted by molar-refractivity contribution is 5.88. The van der Waals surface area contributed by atoms with Crippen LogP contribution >= 0.6 is 0 Å². The maximum absolute atomic E-state index is 11.3. The van der Waals surface area contributed by atoms with Gasteiger partial charge in [-0.05, 0) is 26.7 Å². The summed E-state index contributed by atoms with van der Waals surface area (Å²) < 4.78 is 5.79. The quantitative estimate of drug-likeness (QED) is 0.912. The van der Waals surface area contributed by atoms with E-state index in [-0.39, 0.29) is 17.6 Å². The van der Waals surface area contributed by atoms with Crippen LogP contribution in [0.1, 0.15) is 60.6 Å². The van der Waals surface area contributed by atoms with Crippen molar-refractivity contribution in [2.45, 2.75) is 44.8 Å². The monoisotopic (exact) mass is 291 g/mol. The van der Waals surface area contributed by atoms with Gasteiger partial charge in [0.15, 0.2) is 5.82 Å². The zero-order chi connectivity index (χ0) is 15.0. The summed E-state index contributed by atoms with van der Waals surface area (Å²) in [6.07, 6.45) is 3.30. The van der Waals surface area contributed by atoms with Gasteiger partial charge in [0, 0.05) is 31.2 Å². The Hall–Kier alpha value is -1.53. The van der Waals surface area contributed by atoms with Gasteiger partial charge in [0.1, 0.15) is 6.10 Å². The van der Waals surface area contributed by atoms with E-state index in [1.54, 1.807) is 0 Å². The van der Waals surface area contributed by atoms with Crippen LogP contribution in [0, 0.1) is 0 Å². The Balaban J connectivity index is 1.85. The molecular formula is C15H21N3O3. The van der Waals surface area contributed by atoms with Crippen molar-refractivity contribution in [1.29, 1.82) is 0 Å². The van der Waals surface area contributed by atoms with Crippen LogP contribution in [0.3, 0.4) is 0 Å². The summed E-state index contributed by atoms with van der Waals surface area (Å²) in [6, 6.07) is 0.456. The molecule has 1 aliphatic heterocycles. The fourth-order valence-corrected chi connectivity index (χ4v) is 2.69. The van der Waals surface area contributed by atoms with Crippen molar-refractivity contribution in [2.75, 3.05) is 19.7 Å². The van der Waals surface area contributed by atoms with Crippen molar-refractivity contribution in [1.82, 2.24) is 14.9 Å². The maximum atomic E-state index is 11.3. The van der Waals surface area contributed by atoms with Gasteiger partial charge in [-0.3, -0.25) is 4.90 Å². The van der Waals surface area contributed by atoms with Crippen molar-refractivity contribution in [3.8, 4) is 0 Å². The normalized spacial score (nSPS) is 23.5. The summed E-state index contributed by atoms with van der Waals surface area (Å²) in [4.78, 5) is 22.4. The van der Waals surface area contributed by atoms with E-state index < -0.39 is 5.97 Å². The zero-order valence-corrected chi connectivity index (χ0v) is 12.5. The molecule has 2 aliphatic rings. The van der Waals surface area contributed by atoms with E-state index in [1.165, 1.54) is 6.20 Å². The predicted octanol–water partition coefficient (Wildman–Crippen LogP) is 1.83. The first-order valence-electron chi connectivity index (χ1n) is 7.52. The predicted molar refractivity (Wildman–Crippen MR) is 76.4 cm³/mol. The summed E-state index contributed by atoms with van der Waals surface area (Å²) in [5.41, 5.74) is 0.913. The molecule has 21 heavy (non-hydrogen) atoms. The Labute approximate surface area is 124 Å². The van der Waals surface area contributed by atoms with Gasteiger partial charge in [-0.1, -0.05) is 0 Å². The number of hydrogen-bond acceptors (Lipinski definition) is 5. The molecule has 6 nitrogen and oxygen atoms in total. The van der Waals surface area contributed by atoms with Crippen LogP contribution in [-0.4, -0.2) is 51.7 Å². The fourth-order valence-electron chi connectivity index (χ4n) is 2.69. The summed E-state index contributed by atoms with van der Waals surface area (Å²) in [5.74, 6) is -0.0493. The van der Waals surface area contributed by atoms with Crippen LogP contribution < -0.4 is 0 Å². The van der Waals surface area contributed by atoms with Crippen molar-refractivity contribution >= 4 is 5.97 Å². The Morgan fingerprint density at radius 1 is 1.48 bits per heavy atom. The summed E-state index contributed by atoms with van der Waals surface area (Å²) in [5, 5.41) is 9.24. The number of carboxylic acid groups (broad SMARTS) is 1. The van der Waals surface area contributed by atoms with Gasteiger partial charge in [0.25, 0.3) is 0 Å². The number of aromatic carboxylic acids is 1. The van der Waals surface area contributed by atoms with Crippen LogP contribution in [-0.2, 0) is 4.74 Å². The van der Waals surface area contributed by atoms with Gasteiger partial charge in [0.2, 0.25) is 0 Å². The van der Waals surface area contributed by atoms with Crippen molar-refractivity contribution in [2.24, 2.45) is 0 Å². The van der Waals surface area contributed by atoms with Crippen molar-refractivity contribution < 1.29 is 14.6 Å². The summed E-state index contributed by atoms with van der Waals surface area (Å²) >= 11 is 0. The van der Waals surface area contributed by atoms with Crippen LogP contribution in [0.2, 0.25) is 0 Å². The number of ether oxygens (including phenoxy) is 1. The van der Waals surface area contributed by atoms with E-state index in [2.05, 4.69) is 28.7 Å². The van der Waals surface area contributed by atoms with Crippen LogP contribution in [0.15, 0.2) is 6.20 Å². The molecule has 0 amide bonds. The molecule has 2 heterocycles. The first-order valence-corrected chi connectivity index (χ1v) is 7.52. The number of carbonyl (C=O) groups is 1. The van der Waals surface area contributed by atoms with E-state index in [9.17, 15) is 9.90 Å². The molecule has 0 aromatic carbocycles. The zero-order valence-electron chi connectivity index (χ0n) is 12.5. The first-order chi connectivity index (χ1) is 10.1. The SMILES string of the molecule is CC(C)N1CCOC(c2ncc(C(=O)O)c(C3CC3)n2)C1. The maximum Gasteiger partial charge on any atom is 0.339 e. The first kappa shape index (κ1) is 14.4. The second-order valence-electron chi connectivity index (χ2n) is 6.05. The molecule has 1 aromatic heterocycles.